The molecule has 0 saturated carbocycles. The highest BCUT2D eigenvalue weighted by Gasteiger charge is 2.02. The molecule has 6 N–H and O–H groups in total. The van der Waals surface area contributed by atoms with E-state index in [1.807, 2.05) is 24.3 Å². The van der Waals surface area contributed by atoms with Crippen molar-refractivity contribution in [3.63, 3.8) is 0 Å². The maximum Gasteiger partial charge on any atom is 0.122 e. The lowest BCUT2D eigenvalue weighted by Gasteiger charge is -2.10. The third-order valence-electron chi connectivity index (χ3n) is 4.13. The predicted molar refractivity (Wildman–Crippen MR) is 110 cm³/mol. The van der Waals surface area contributed by atoms with Crippen LogP contribution in [0.2, 0.25) is 0 Å². The number of hydrogen-bond donors (Lipinski definition) is 4. The Morgan fingerprint density at radius 3 is 1.39 bits per heavy atom. The van der Waals surface area contributed by atoms with E-state index in [2.05, 4.69) is 0 Å². The van der Waals surface area contributed by atoms with Gasteiger partial charge in [0.25, 0.3) is 0 Å². The van der Waals surface area contributed by atoms with Crippen LogP contribution in [0.1, 0.15) is 22.3 Å². The standard InChI is InChI=1S/C22H22N4O2/c23-21(24)17-4-8-19(9-5-17)27-13-15-2-1-3-16(12-15)14-28-20-10-6-18(7-11-20)22(25)26/h1-12H,13-14H2,(H3,23,24)(H3,25,26). The van der Waals surface area contributed by atoms with Gasteiger partial charge in [0.2, 0.25) is 0 Å². The monoisotopic (exact) mass is 374 g/mol. The first-order valence-electron chi connectivity index (χ1n) is 8.73. The van der Waals surface area contributed by atoms with E-state index in [0.29, 0.717) is 24.3 Å². The highest BCUT2D eigenvalue weighted by atomic mass is 16.5. The maximum atomic E-state index is 7.41. The molecule has 6 nitrogen and oxygen atoms in total. The van der Waals surface area contributed by atoms with Crippen molar-refractivity contribution in [3.05, 3.63) is 95.1 Å². The summed E-state index contributed by atoms with van der Waals surface area (Å²) in [7, 11) is 0. The second-order valence-electron chi connectivity index (χ2n) is 6.27. The van der Waals surface area contributed by atoms with E-state index in [9.17, 15) is 0 Å². The fraction of sp³-hybridized carbons (Fsp3) is 0.0909. The summed E-state index contributed by atoms with van der Waals surface area (Å²) >= 11 is 0. The zero-order valence-corrected chi connectivity index (χ0v) is 15.3. The van der Waals surface area contributed by atoms with Crippen molar-refractivity contribution >= 4 is 11.7 Å². The van der Waals surface area contributed by atoms with Crippen LogP contribution in [0, 0.1) is 10.8 Å². The molecule has 0 fully saturated rings. The van der Waals surface area contributed by atoms with Crippen molar-refractivity contribution in [2.45, 2.75) is 13.2 Å². The number of benzene rings is 3. The van der Waals surface area contributed by atoms with Crippen molar-refractivity contribution in [2.24, 2.45) is 11.5 Å². The molecule has 0 amide bonds. The van der Waals surface area contributed by atoms with Gasteiger partial charge >= 0.3 is 0 Å². The van der Waals surface area contributed by atoms with E-state index >= 15 is 0 Å². The maximum absolute atomic E-state index is 7.41. The van der Waals surface area contributed by atoms with Gasteiger partial charge in [-0.2, -0.15) is 0 Å². The van der Waals surface area contributed by atoms with Crippen molar-refractivity contribution in [1.29, 1.82) is 10.8 Å². The fourth-order valence-corrected chi connectivity index (χ4v) is 2.60. The largest absolute Gasteiger partial charge is 0.489 e. The van der Waals surface area contributed by atoms with Gasteiger partial charge in [0.1, 0.15) is 36.4 Å². The summed E-state index contributed by atoms with van der Waals surface area (Å²) in [5.41, 5.74) is 14.3. The highest BCUT2D eigenvalue weighted by Crippen LogP contribution is 2.17. The zero-order valence-electron chi connectivity index (χ0n) is 15.3. The summed E-state index contributed by atoms with van der Waals surface area (Å²) in [6, 6.07) is 22.2. The number of nitrogens with one attached hydrogen (secondary N) is 2. The Bertz CT molecular complexity index is 890. The Morgan fingerprint density at radius 2 is 1.04 bits per heavy atom. The SMILES string of the molecule is N=C(N)c1ccc(OCc2cccc(COc3ccc(C(=N)N)cc3)c2)cc1. The van der Waals surface area contributed by atoms with Crippen molar-refractivity contribution < 1.29 is 9.47 Å². The molecule has 0 aliphatic rings. The van der Waals surface area contributed by atoms with Crippen LogP contribution >= 0.6 is 0 Å². The van der Waals surface area contributed by atoms with Gasteiger partial charge in [0.05, 0.1) is 0 Å². The number of rotatable bonds is 8. The van der Waals surface area contributed by atoms with Crippen LogP contribution in [-0.4, -0.2) is 11.7 Å². The smallest absolute Gasteiger partial charge is 0.122 e. The Labute approximate surface area is 163 Å². The first-order valence-corrected chi connectivity index (χ1v) is 8.73. The van der Waals surface area contributed by atoms with Crippen LogP contribution in [0.25, 0.3) is 0 Å². The minimum Gasteiger partial charge on any atom is -0.489 e. The molecule has 0 aliphatic carbocycles. The predicted octanol–water partition coefficient (Wildman–Crippen LogP) is 3.41. The van der Waals surface area contributed by atoms with Gasteiger partial charge in [-0.3, -0.25) is 10.8 Å². The molecule has 3 rings (SSSR count). The molecule has 0 atom stereocenters. The molecular weight excluding hydrogens is 352 g/mol. The first-order chi connectivity index (χ1) is 13.5. The molecule has 28 heavy (non-hydrogen) atoms. The Morgan fingerprint density at radius 1 is 0.643 bits per heavy atom. The van der Waals surface area contributed by atoms with Crippen LogP contribution < -0.4 is 20.9 Å². The van der Waals surface area contributed by atoms with E-state index in [1.165, 1.54) is 0 Å². The summed E-state index contributed by atoms with van der Waals surface area (Å²) in [5.74, 6) is 1.51. The highest BCUT2D eigenvalue weighted by molar-refractivity contribution is 5.95. The topological polar surface area (TPSA) is 118 Å². The van der Waals surface area contributed by atoms with Gasteiger partial charge in [-0.1, -0.05) is 18.2 Å². The Balaban J connectivity index is 1.56. The Kier molecular flexibility index (Phi) is 5.91. The summed E-state index contributed by atoms with van der Waals surface area (Å²) in [5, 5.41) is 14.8. The molecule has 0 aromatic heterocycles. The first kappa shape index (κ1) is 19.0. The second kappa shape index (κ2) is 8.73. The zero-order chi connectivity index (χ0) is 19.9. The van der Waals surface area contributed by atoms with Gasteiger partial charge in [0.15, 0.2) is 0 Å². The summed E-state index contributed by atoms with van der Waals surface area (Å²) in [4.78, 5) is 0. The van der Waals surface area contributed by atoms with Crippen molar-refractivity contribution in [1.82, 2.24) is 0 Å². The number of nitrogen functional groups attached to an aromatic ring is 2. The van der Waals surface area contributed by atoms with Gasteiger partial charge in [-0.15, -0.1) is 0 Å². The lowest BCUT2D eigenvalue weighted by Crippen LogP contribution is -2.10. The molecule has 0 aliphatic heterocycles. The second-order valence-corrected chi connectivity index (χ2v) is 6.27. The normalized spacial score (nSPS) is 10.3. The van der Waals surface area contributed by atoms with E-state index in [1.54, 1.807) is 48.5 Å². The summed E-state index contributed by atoms with van der Waals surface area (Å²) < 4.78 is 11.6. The van der Waals surface area contributed by atoms with Gasteiger partial charge in [-0.25, -0.2) is 0 Å². The van der Waals surface area contributed by atoms with E-state index in [4.69, 9.17) is 31.8 Å². The number of nitrogens with two attached hydrogens (primary N) is 2. The lowest BCUT2D eigenvalue weighted by molar-refractivity contribution is 0.300. The molecular formula is C22H22N4O2. The summed E-state index contributed by atoms with van der Waals surface area (Å²) in [6.45, 7) is 0.862. The number of ether oxygens (including phenoxy) is 2. The molecule has 0 unspecified atom stereocenters. The number of amidine groups is 2. The molecule has 0 bridgehead atoms. The molecule has 3 aromatic rings. The van der Waals surface area contributed by atoms with Crippen molar-refractivity contribution in [3.8, 4) is 11.5 Å². The van der Waals surface area contributed by atoms with Crippen LogP contribution in [-0.2, 0) is 13.2 Å². The van der Waals surface area contributed by atoms with Crippen LogP contribution in [0.3, 0.4) is 0 Å². The average molecular weight is 374 g/mol. The molecule has 0 radical (unpaired) electrons. The van der Waals surface area contributed by atoms with Crippen LogP contribution in [0.4, 0.5) is 0 Å². The quantitative estimate of drug-likeness (QED) is 0.357. The molecule has 0 heterocycles. The molecule has 6 heteroatoms. The van der Waals surface area contributed by atoms with Gasteiger partial charge in [0, 0.05) is 11.1 Å². The summed E-state index contributed by atoms with van der Waals surface area (Å²) in [6.07, 6.45) is 0. The van der Waals surface area contributed by atoms with Gasteiger partial charge in [-0.05, 0) is 65.7 Å². The van der Waals surface area contributed by atoms with Crippen LogP contribution in [0.5, 0.6) is 11.5 Å². The van der Waals surface area contributed by atoms with Gasteiger partial charge < -0.3 is 20.9 Å². The third-order valence-corrected chi connectivity index (χ3v) is 4.13. The molecule has 0 spiro atoms. The van der Waals surface area contributed by atoms with E-state index in [0.717, 1.165) is 22.6 Å². The number of hydrogen-bond acceptors (Lipinski definition) is 4. The molecule has 3 aromatic carbocycles. The Hall–Kier alpha value is -3.80. The lowest BCUT2D eigenvalue weighted by atomic mass is 10.1. The molecule has 0 saturated heterocycles. The minimum atomic E-state index is 0.0372. The van der Waals surface area contributed by atoms with Crippen LogP contribution in [0.15, 0.2) is 72.8 Å². The van der Waals surface area contributed by atoms with E-state index < -0.39 is 0 Å². The minimum absolute atomic E-state index is 0.0372. The third kappa shape index (κ3) is 5.11. The average Bonchev–Trinajstić information content (AvgIpc) is 2.71. The van der Waals surface area contributed by atoms with Crippen molar-refractivity contribution in [2.75, 3.05) is 0 Å². The fourth-order valence-electron chi connectivity index (χ4n) is 2.60. The van der Waals surface area contributed by atoms with E-state index in [-0.39, 0.29) is 11.7 Å². The molecule has 142 valence electrons.